The first-order chi connectivity index (χ1) is 35.0. The Hall–Kier alpha value is -2.29. The molecule has 0 amide bonds. The molecule has 0 spiro atoms. The van der Waals surface area contributed by atoms with Gasteiger partial charge in [0.25, 0.3) is 0 Å². The van der Waals surface area contributed by atoms with E-state index in [0.717, 1.165) is 64.2 Å². The topological polar surface area (TPSA) is 108 Å². The van der Waals surface area contributed by atoms with Gasteiger partial charge in [0.1, 0.15) is 19.8 Å². The molecule has 72 heavy (non-hydrogen) atoms. The van der Waals surface area contributed by atoms with Crippen LogP contribution in [-0.2, 0) is 32.7 Å². The van der Waals surface area contributed by atoms with Gasteiger partial charge in [0.2, 0.25) is 0 Å². The lowest BCUT2D eigenvalue weighted by molar-refractivity contribution is -0.870. The first-order valence-corrected chi connectivity index (χ1v) is 31.5. The summed E-state index contributed by atoms with van der Waals surface area (Å²) >= 11 is 0. The Labute approximate surface area is 445 Å². The first-order valence-electron chi connectivity index (χ1n) is 30.0. The Bertz CT molecular complexity index is 1400. The second kappa shape index (κ2) is 53.5. The van der Waals surface area contributed by atoms with Crippen molar-refractivity contribution in [2.75, 3.05) is 47.5 Å². The first kappa shape index (κ1) is 69.7. The van der Waals surface area contributed by atoms with Gasteiger partial charge in [0.15, 0.2) is 6.10 Å². The van der Waals surface area contributed by atoms with Crippen LogP contribution < -0.4 is 0 Å². The summed E-state index contributed by atoms with van der Waals surface area (Å²) in [5.41, 5.74) is 0. The minimum Gasteiger partial charge on any atom is -0.462 e. The second-order valence-electron chi connectivity index (χ2n) is 21.4. The standard InChI is InChI=1S/C62H114NO8P/c1-6-8-10-12-14-16-18-20-22-24-25-26-27-28-29-30-31-32-33-34-35-36-37-39-41-43-45-47-49-51-53-55-62(65)71-60(59-70-72(66,67)69-57-56-63(3,4)5)58-68-61(64)54-52-50-48-46-44-42-40-38-23-21-19-17-15-13-11-9-7-2/h15,17-18,20-21,23-25,27-28,60H,6-14,16,19,22,26,29-59H2,1-5H3/p+1/b17-15-,20-18-,23-21-,25-24-,28-27-. The summed E-state index contributed by atoms with van der Waals surface area (Å²) in [6, 6.07) is 0. The molecule has 0 bridgehead atoms. The van der Waals surface area contributed by atoms with Crippen LogP contribution in [0.2, 0.25) is 0 Å². The highest BCUT2D eigenvalue weighted by molar-refractivity contribution is 7.47. The van der Waals surface area contributed by atoms with E-state index in [4.69, 9.17) is 18.5 Å². The molecule has 420 valence electrons. The Morgan fingerprint density at radius 3 is 1.14 bits per heavy atom. The van der Waals surface area contributed by atoms with E-state index in [-0.39, 0.29) is 32.0 Å². The van der Waals surface area contributed by atoms with Gasteiger partial charge in [-0.2, -0.15) is 0 Å². The predicted octanol–water partition coefficient (Wildman–Crippen LogP) is 18.7. The van der Waals surface area contributed by atoms with Crippen molar-refractivity contribution in [3.63, 3.8) is 0 Å². The zero-order chi connectivity index (χ0) is 52.7. The van der Waals surface area contributed by atoms with E-state index in [1.54, 1.807) is 0 Å². The molecule has 0 fully saturated rings. The van der Waals surface area contributed by atoms with Crippen LogP contribution in [0.1, 0.15) is 271 Å². The fraction of sp³-hybridized carbons (Fsp3) is 0.806. The van der Waals surface area contributed by atoms with Gasteiger partial charge < -0.3 is 18.9 Å². The maximum absolute atomic E-state index is 12.8. The molecule has 2 atom stereocenters. The minimum atomic E-state index is -4.39. The molecule has 0 aromatic heterocycles. The average Bonchev–Trinajstić information content (AvgIpc) is 3.34. The van der Waals surface area contributed by atoms with Crippen LogP contribution >= 0.6 is 7.82 Å². The van der Waals surface area contributed by atoms with E-state index >= 15 is 0 Å². The van der Waals surface area contributed by atoms with Crippen molar-refractivity contribution in [2.45, 2.75) is 277 Å². The highest BCUT2D eigenvalue weighted by Crippen LogP contribution is 2.43. The second-order valence-corrected chi connectivity index (χ2v) is 22.8. The van der Waals surface area contributed by atoms with Crippen LogP contribution in [0, 0.1) is 0 Å². The minimum absolute atomic E-state index is 0.0296. The Morgan fingerprint density at radius 2 is 0.750 bits per heavy atom. The van der Waals surface area contributed by atoms with Gasteiger partial charge in [-0.15, -0.1) is 0 Å². The number of carbonyl (C=O) groups is 2. The number of esters is 2. The van der Waals surface area contributed by atoms with Gasteiger partial charge in [-0.1, -0.05) is 235 Å². The van der Waals surface area contributed by atoms with Gasteiger partial charge in [-0.05, 0) is 83.5 Å². The van der Waals surface area contributed by atoms with Gasteiger partial charge in [0.05, 0.1) is 27.7 Å². The van der Waals surface area contributed by atoms with E-state index in [2.05, 4.69) is 74.6 Å². The molecule has 0 aliphatic heterocycles. The van der Waals surface area contributed by atoms with Gasteiger partial charge >= 0.3 is 19.8 Å². The number of carbonyl (C=O) groups excluding carboxylic acids is 2. The van der Waals surface area contributed by atoms with E-state index < -0.39 is 26.5 Å². The summed E-state index contributed by atoms with van der Waals surface area (Å²) in [6.45, 7) is 4.41. The smallest absolute Gasteiger partial charge is 0.462 e. The number of nitrogens with zero attached hydrogens (tertiary/aromatic N) is 1. The van der Waals surface area contributed by atoms with E-state index in [1.165, 1.54) is 173 Å². The fourth-order valence-electron chi connectivity index (χ4n) is 8.35. The van der Waals surface area contributed by atoms with Crippen LogP contribution in [0.4, 0.5) is 0 Å². The van der Waals surface area contributed by atoms with Crippen molar-refractivity contribution in [2.24, 2.45) is 0 Å². The molecule has 9 nitrogen and oxygen atoms in total. The summed E-state index contributed by atoms with van der Waals surface area (Å²) in [5.74, 6) is -0.800. The molecule has 0 aromatic carbocycles. The molecule has 0 saturated carbocycles. The Morgan fingerprint density at radius 1 is 0.431 bits per heavy atom. The summed E-state index contributed by atoms with van der Waals surface area (Å²) < 4.78 is 34.6. The third-order valence-corrected chi connectivity index (χ3v) is 14.0. The van der Waals surface area contributed by atoms with Crippen molar-refractivity contribution < 1.29 is 42.1 Å². The lowest BCUT2D eigenvalue weighted by Crippen LogP contribution is -2.37. The van der Waals surface area contributed by atoms with Crippen molar-refractivity contribution >= 4 is 19.8 Å². The van der Waals surface area contributed by atoms with E-state index in [9.17, 15) is 19.0 Å². The van der Waals surface area contributed by atoms with Crippen molar-refractivity contribution in [3.8, 4) is 0 Å². The van der Waals surface area contributed by atoms with Crippen LogP contribution in [-0.4, -0.2) is 74.9 Å². The third-order valence-electron chi connectivity index (χ3n) is 13.0. The largest absolute Gasteiger partial charge is 0.472 e. The van der Waals surface area contributed by atoms with E-state index in [0.29, 0.717) is 17.4 Å². The number of hydrogen-bond acceptors (Lipinski definition) is 7. The Kier molecular flexibility index (Phi) is 51.8. The average molecular weight is 1030 g/mol. The van der Waals surface area contributed by atoms with Gasteiger partial charge in [-0.3, -0.25) is 18.6 Å². The molecule has 0 heterocycles. The normalized spacial score (nSPS) is 13.7. The lowest BCUT2D eigenvalue weighted by atomic mass is 10.0. The predicted molar refractivity (Wildman–Crippen MR) is 307 cm³/mol. The summed E-state index contributed by atoms with van der Waals surface area (Å²) in [7, 11) is 1.48. The molecule has 0 radical (unpaired) electrons. The molecule has 2 unspecified atom stereocenters. The molecular formula is C62H115NO8P+. The number of phosphoric ester groups is 1. The fourth-order valence-corrected chi connectivity index (χ4v) is 9.09. The number of unbranched alkanes of at least 4 members (excludes halogenated alkanes) is 31. The highest BCUT2D eigenvalue weighted by atomic mass is 31.2. The van der Waals surface area contributed by atoms with Crippen LogP contribution in [0.5, 0.6) is 0 Å². The lowest BCUT2D eigenvalue weighted by Gasteiger charge is -2.24. The molecule has 0 aromatic rings. The molecule has 0 aliphatic rings. The van der Waals surface area contributed by atoms with Crippen molar-refractivity contribution in [3.05, 3.63) is 60.8 Å². The molecular weight excluding hydrogens is 918 g/mol. The number of quaternary nitrogens is 1. The number of likely N-dealkylation sites (N-methyl/N-ethyl adjacent to an activating group) is 1. The molecule has 10 heteroatoms. The number of hydrogen-bond donors (Lipinski definition) is 1. The third kappa shape index (κ3) is 57.0. The number of phosphoric acid groups is 1. The SMILES string of the molecule is CCCCC/C=C\C/C=C\CCCCCCCCCC(=O)OCC(COP(=O)(O)OCC[N+](C)(C)C)OC(=O)CCCCCCCCCCCCCCCCCC/C=C\C/C=C\C/C=C\CCCCCCC. The molecule has 1 N–H and O–H groups in total. The summed E-state index contributed by atoms with van der Waals surface area (Å²) in [6.07, 6.45) is 68.6. The molecule has 0 saturated heterocycles. The molecule has 0 aliphatic carbocycles. The summed E-state index contributed by atoms with van der Waals surface area (Å²) in [4.78, 5) is 35.7. The van der Waals surface area contributed by atoms with E-state index in [1.807, 2.05) is 21.1 Å². The van der Waals surface area contributed by atoms with Crippen LogP contribution in [0.3, 0.4) is 0 Å². The zero-order valence-electron chi connectivity index (χ0n) is 47.7. The number of ether oxygens (including phenoxy) is 2. The van der Waals surface area contributed by atoms with Gasteiger partial charge in [-0.25, -0.2) is 4.57 Å². The van der Waals surface area contributed by atoms with Crippen LogP contribution in [0.15, 0.2) is 60.8 Å². The quantitative estimate of drug-likeness (QED) is 0.0211. The maximum atomic E-state index is 12.8. The van der Waals surface area contributed by atoms with Crippen molar-refractivity contribution in [1.29, 1.82) is 0 Å². The number of allylic oxidation sites excluding steroid dienone is 10. The van der Waals surface area contributed by atoms with Gasteiger partial charge in [0, 0.05) is 12.8 Å². The monoisotopic (exact) mass is 1030 g/mol. The zero-order valence-corrected chi connectivity index (χ0v) is 48.6. The van der Waals surface area contributed by atoms with Crippen LogP contribution in [0.25, 0.3) is 0 Å². The molecule has 0 rings (SSSR count). The Balaban J connectivity index is 4.09. The van der Waals surface area contributed by atoms with Crippen molar-refractivity contribution in [1.82, 2.24) is 0 Å². The number of rotatable bonds is 55. The highest BCUT2D eigenvalue weighted by Gasteiger charge is 2.27. The summed E-state index contributed by atoms with van der Waals surface area (Å²) in [5, 5.41) is 0. The maximum Gasteiger partial charge on any atom is 0.472 e.